The Hall–Kier alpha value is -2.98. The van der Waals surface area contributed by atoms with Gasteiger partial charge in [-0.15, -0.1) is 0 Å². The molecule has 1 atom stereocenters. The van der Waals surface area contributed by atoms with Gasteiger partial charge in [-0.2, -0.15) is 4.31 Å². The van der Waals surface area contributed by atoms with Crippen molar-refractivity contribution >= 4 is 21.8 Å². The van der Waals surface area contributed by atoms with Crippen molar-refractivity contribution in [2.75, 3.05) is 13.1 Å². The Morgan fingerprint density at radius 1 is 1.06 bits per heavy atom. The molecule has 0 aliphatic carbocycles. The molecular formula is C21H26FN3O5S. The van der Waals surface area contributed by atoms with E-state index in [-0.39, 0.29) is 10.5 Å². The molecular weight excluding hydrogens is 425 g/mol. The van der Waals surface area contributed by atoms with Gasteiger partial charge in [0.1, 0.15) is 11.6 Å². The summed E-state index contributed by atoms with van der Waals surface area (Å²) in [7, 11) is -3.74. The Bertz CT molecular complexity index is 1040. The van der Waals surface area contributed by atoms with Crippen molar-refractivity contribution in [2.24, 2.45) is 0 Å². The van der Waals surface area contributed by atoms with Crippen molar-refractivity contribution in [2.45, 2.75) is 38.7 Å². The van der Waals surface area contributed by atoms with Crippen LogP contribution in [0, 0.1) is 12.7 Å². The summed E-state index contributed by atoms with van der Waals surface area (Å²) < 4.78 is 45.1. The van der Waals surface area contributed by atoms with Gasteiger partial charge >= 0.3 is 0 Å². The third-order valence-electron chi connectivity index (χ3n) is 4.59. The highest BCUT2D eigenvalue weighted by Gasteiger charge is 2.24. The van der Waals surface area contributed by atoms with Crippen LogP contribution in [0.2, 0.25) is 0 Å². The quantitative estimate of drug-likeness (QED) is 0.600. The van der Waals surface area contributed by atoms with Gasteiger partial charge in [-0.05, 0) is 55.8 Å². The van der Waals surface area contributed by atoms with E-state index in [2.05, 4.69) is 10.9 Å². The van der Waals surface area contributed by atoms with Gasteiger partial charge in [0.15, 0.2) is 6.10 Å². The molecule has 8 nitrogen and oxygen atoms in total. The number of halogens is 1. The van der Waals surface area contributed by atoms with Crippen LogP contribution in [0.15, 0.2) is 47.4 Å². The zero-order chi connectivity index (χ0) is 23.2. The molecule has 2 aromatic rings. The first-order valence-corrected chi connectivity index (χ1v) is 11.2. The molecule has 0 saturated heterocycles. The lowest BCUT2D eigenvalue weighted by molar-refractivity contribution is -0.128. The van der Waals surface area contributed by atoms with E-state index in [4.69, 9.17) is 4.74 Å². The molecule has 31 heavy (non-hydrogen) atoms. The highest BCUT2D eigenvalue weighted by molar-refractivity contribution is 7.89. The topological polar surface area (TPSA) is 105 Å². The number of rotatable bonds is 8. The standard InChI is InChI=1S/C21H26FN3O5S/c1-5-25(6-2)31(28,29)18-12-7-14(3)19(13-18)21(27)24-23-20(26)15(4)30-17-10-8-16(22)9-11-17/h7-13,15H,5-6H2,1-4H3,(H,23,26)(H,24,27). The minimum atomic E-state index is -3.74. The van der Waals surface area contributed by atoms with Crippen LogP contribution in [0.3, 0.4) is 0 Å². The van der Waals surface area contributed by atoms with Crippen LogP contribution in [0.5, 0.6) is 5.75 Å². The third-order valence-corrected chi connectivity index (χ3v) is 6.64. The van der Waals surface area contributed by atoms with Crippen molar-refractivity contribution in [1.82, 2.24) is 15.2 Å². The van der Waals surface area contributed by atoms with Gasteiger partial charge in [-0.1, -0.05) is 19.9 Å². The molecule has 0 bridgehead atoms. The molecule has 1 unspecified atom stereocenters. The number of nitrogens with one attached hydrogen (secondary N) is 2. The van der Waals surface area contributed by atoms with E-state index in [1.54, 1.807) is 20.8 Å². The number of ether oxygens (including phenoxy) is 1. The predicted octanol–water partition coefficient (Wildman–Crippen LogP) is 2.39. The second-order valence-electron chi connectivity index (χ2n) is 6.72. The second-order valence-corrected chi connectivity index (χ2v) is 8.66. The Balaban J connectivity index is 2.07. The number of hydrazine groups is 1. The fourth-order valence-corrected chi connectivity index (χ4v) is 4.26. The predicted molar refractivity (Wildman–Crippen MR) is 113 cm³/mol. The average Bonchev–Trinajstić information content (AvgIpc) is 2.74. The molecule has 0 radical (unpaired) electrons. The first kappa shape index (κ1) is 24.3. The first-order chi connectivity index (χ1) is 14.6. The molecule has 2 amide bonds. The van der Waals surface area contributed by atoms with Gasteiger partial charge in [0.05, 0.1) is 4.90 Å². The summed E-state index contributed by atoms with van der Waals surface area (Å²) in [5, 5.41) is 0. The molecule has 10 heteroatoms. The summed E-state index contributed by atoms with van der Waals surface area (Å²) in [6.07, 6.45) is -0.971. The zero-order valence-corrected chi connectivity index (χ0v) is 18.6. The van der Waals surface area contributed by atoms with E-state index < -0.39 is 33.8 Å². The van der Waals surface area contributed by atoms with Gasteiger partial charge in [0.2, 0.25) is 10.0 Å². The van der Waals surface area contributed by atoms with Crippen LogP contribution in [0.1, 0.15) is 36.7 Å². The van der Waals surface area contributed by atoms with Crippen molar-refractivity contribution in [3.8, 4) is 5.75 Å². The van der Waals surface area contributed by atoms with Gasteiger partial charge in [0, 0.05) is 18.7 Å². The van der Waals surface area contributed by atoms with Crippen LogP contribution in [0.4, 0.5) is 4.39 Å². The highest BCUT2D eigenvalue weighted by atomic mass is 32.2. The smallest absolute Gasteiger partial charge is 0.279 e. The van der Waals surface area contributed by atoms with Crippen LogP contribution < -0.4 is 15.6 Å². The normalized spacial score (nSPS) is 12.3. The number of aryl methyl sites for hydroxylation is 1. The van der Waals surface area contributed by atoms with Crippen molar-refractivity contribution in [3.05, 3.63) is 59.4 Å². The Kier molecular flexibility index (Phi) is 8.12. The molecule has 0 fully saturated rings. The molecule has 0 aliphatic rings. The monoisotopic (exact) mass is 451 g/mol. The van der Waals surface area contributed by atoms with Gasteiger partial charge in [-0.25, -0.2) is 12.8 Å². The zero-order valence-electron chi connectivity index (χ0n) is 17.8. The summed E-state index contributed by atoms with van der Waals surface area (Å²) >= 11 is 0. The number of carbonyl (C=O) groups is 2. The minimum Gasteiger partial charge on any atom is -0.481 e. The second kappa shape index (κ2) is 10.4. The largest absolute Gasteiger partial charge is 0.481 e. The number of nitrogens with zero attached hydrogens (tertiary/aromatic N) is 1. The van der Waals surface area contributed by atoms with E-state index in [9.17, 15) is 22.4 Å². The number of sulfonamides is 1. The van der Waals surface area contributed by atoms with Crippen molar-refractivity contribution in [1.29, 1.82) is 0 Å². The summed E-state index contributed by atoms with van der Waals surface area (Å²) in [6.45, 7) is 7.19. The summed E-state index contributed by atoms with van der Waals surface area (Å²) in [6, 6.07) is 9.41. The van der Waals surface area contributed by atoms with E-state index in [1.165, 1.54) is 53.7 Å². The molecule has 0 heterocycles. The Labute approximate surface area is 181 Å². The number of carbonyl (C=O) groups excluding carboxylic acids is 2. The molecule has 2 rings (SSSR count). The lowest BCUT2D eigenvalue weighted by Crippen LogP contribution is -2.47. The SMILES string of the molecule is CCN(CC)S(=O)(=O)c1ccc(C)c(C(=O)NNC(=O)C(C)Oc2ccc(F)cc2)c1. The molecule has 2 aromatic carbocycles. The highest BCUT2D eigenvalue weighted by Crippen LogP contribution is 2.19. The van der Waals surface area contributed by atoms with Crippen molar-refractivity contribution < 1.29 is 27.1 Å². The van der Waals surface area contributed by atoms with E-state index in [1.807, 2.05) is 0 Å². The maximum absolute atomic E-state index is 13.0. The van der Waals surface area contributed by atoms with E-state index in [0.717, 1.165) is 0 Å². The molecule has 0 saturated carbocycles. The number of hydrogen-bond acceptors (Lipinski definition) is 5. The van der Waals surface area contributed by atoms with Crippen LogP contribution in [-0.2, 0) is 14.8 Å². The summed E-state index contributed by atoms with van der Waals surface area (Å²) in [5.41, 5.74) is 5.16. The maximum Gasteiger partial charge on any atom is 0.279 e. The van der Waals surface area contributed by atoms with Gasteiger partial charge in [0.25, 0.3) is 11.8 Å². The molecule has 0 aromatic heterocycles. The molecule has 0 aliphatic heterocycles. The first-order valence-electron chi connectivity index (χ1n) is 9.73. The lowest BCUT2D eigenvalue weighted by atomic mass is 10.1. The van der Waals surface area contributed by atoms with Crippen molar-refractivity contribution in [3.63, 3.8) is 0 Å². The summed E-state index contributed by atoms with van der Waals surface area (Å²) in [5.74, 6) is -1.45. The average molecular weight is 452 g/mol. The van der Waals surface area contributed by atoms with Crippen LogP contribution in [0.25, 0.3) is 0 Å². The minimum absolute atomic E-state index is 0.00807. The van der Waals surface area contributed by atoms with E-state index in [0.29, 0.717) is 24.4 Å². The fraction of sp³-hybridized carbons (Fsp3) is 0.333. The Morgan fingerprint density at radius 2 is 1.68 bits per heavy atom. The summed E-state index contributed by atoms with van der Waals surface area (Å²) in [4.78, 5) is 24.8. The molecule has 168 valence electrons. The third kappa shape index (κ3) is 6.02. The number of amides is 2. The van der Waals surface area contributed by atoms with E-state index >= 15 is 0 Å². The van der Waals surface area contributed by atoms with Gasteiger partial charge in [-0.3, -0.25) is 20.4 Å². The fourth-order valence-electron chi connectivity index (χ4n) is 2.78. The molecule has 0 spiro atoms. The lowest BCUT2D eigenvalue weighted by Gasteiger charge is -2.19. The molecule has 2 N–H and O–H groups in total. The maximum atomic E-state index is 13.0. The van der Waals surface area contributed by atoms with Crippen LogP contribution in [-0.4, -0.2) is 43.7 Å². The van der Waals surface area contributed by atoms with Gasteiger partial charge < -0.3 is 4.74 Å². The Morgan fingerprint density at radius 3 is 2.26 bits per heavy atom. The number of benzene rings is 2. The number of hydrogen-bond donors (Lipinski definition) is 2. The van der Waals surface area contributed by atoms with Crippen LogP contribution >= 0.6 is 0 Å².